The fourth-order valence-corrected chi connectivity index (χ4v) is 2.14. The Morgan fingerprint density at radius 3 is 2.65 bits per heavy atom. The van der Waals surface area contributed by atoms with Crippen molar-refractivity contribution in [1.29, 1.82) is 0 Å². The highest BCUT2D eigenvalue weighted by Gasteiger charge is 2.17. The maximum absolute atomic E-state index is 12.1. The van der Waals surface area contributed by atoms with Crippen molar-refractivity contribution in [3.63, 3.8) is 0 Å². The van der Waals surface area contributed by atoms with Crippen molar-refractivity contribution in [2.45, 2.75) is 13.0 Å². The van der Waals surface area contributed by atoms with Crippen LogP contribution in [0.5, 0.6) is 11.5 Å². The lowest BCUT2D eigenvalue weighted by molar-refractivity contribution is 0.0940. The molecule has 20 heavy (non-hydrogen) atoms. The average Bonchev–Trinajstić information content (AvgIpc) is 2.95. The molecule has 1 heterocycles. The van der Waals surface area contributed by atoms with E-state index in [-0.39, 0.29) is 18.7 Å². The molecule has 0 spiro atoms. The van der Waals surface area contributed by atoms with Crippen LogP contribution in [0.2, 0.25) is 0 Å². The molecular weight excluding hydrogens is 254 g/mol. The van der Waals surface area contributed by atoms with E-state index in [0.29, 0.717) is 5.56 Å². The largest absolute Gasteiger partial charge is 0.454 e. The first kappa shape index (κ1) is 12.5. The maximum atomic E-state index is 12.1. The van der Waals surface area contributed by atoms with Crippen molar-refractivity contribution >= 4 is 5.91 Å². The molecule has 4 nitrogen and oxygen atoms in total. The highest BCUT2D eigenvalue weighted by atomic mass is 16.7. The van der Waals surface area contributed by atoms with Crippen molar-refractivity contribution in [1.82, 2.24) is 5.32 Å². The van der Waals surface area contributed by atoms with Gasteiger partial charge in [-0.05, 0) is 36.8 Å². The zero-order valence-electron chi connectivity index (χ0n) is 11.1. The third kappa shape index (κ3) is 2.45. The van der Waals surface area contributed by atoms with Crippen LogP contribution in [-0.4, -0.2) is 12.7 Å². The molecule has 1 atom stereocenters. The summed E-state index contributed by atoms with van der Waals surface area (Å²) in [6.07, 6.45) is 0. The minimum Gasteiger partial charge on any atom is -0.454 e. The van der Waals surface area contributed by atoms with Crippen molar-refractivity contribution < 1.29 is 14.3 Å². The summed E-state index contributed by atoms with van der Waals surface area (Å²) >= 11 is 0. The van der Waals surface area contributed by atoms with E-state index in [1.807, 2.05) is 43.3 Å². The minimum absolute atomic E-state index is 0.0873. The molecule has 0 bridgehead atoms. The molecule has 4 heteroatoms. The first-order valence-corrected chi connectivity index (χ1v) is 6.49. The fraction of sp³-hybridized carbons (Fsp3) is 0.188. The van der Waals surface area contributed by atoms with Crippen LogP contribution in [-0.2, 0) is 0 Å². The van der Waals surface area contributed by atoms with Gasteiger partial charge in [-0.25, -0.2) is 0 Å². The summed E-state index contributed by atoms with van der Waals surface area (Å²) < 4.78 is 10.6. The summed E-state index contributed by atoms with van der Waals surface area (Å²) in [6, 6.07) is 14.8. The molecule has 3 rings (SSSR count). The zero-order chi connectivity index (χ0) is 13.9. The van der Waals surface area contributed by atoms with Gasteiger partial charge in [0.15, 0.2) is 11.5 Å². The van der Waals surface area contributed by atoms with Gasteiger partial charge in [-0.15, -0.1) is 0 Å². The normalized spacial score (nSPS) is 13.8. The first-order valence-electron chi connectivity index (χ1n) is 6.49. The monoisotopic (exact) mass is 269 g/mol. The van der Waals surface area contributed by atoms with E-state index in [4.69, 9.17) is 9.47 Å². The zero-order valence-corrected chi connectivity index (χ0v) is 11.1. The second-order valence-corrected chi connectivity index (χ2v) is 4.67. The van der Waals surface area contributed by atoms with E-state index < -0.39 is 0 Å². The Bertz CT molecular complexity index is 625. The standard InChI is InChI=1S/C16H15NO3/c1-11(17-16(18)12-5-3-2-4-6-12)13-7-8-14-15(9-13)20-10-19-14/h2-9,11H,10H2,1H3,(H,17,18)/t11-/m0/s1. The van der Waals surface area contributed by atoms with Crippen LogP contribution < -0.4 is 14.8 Å². The van der Waals surface area contributed by atoms with Crippen LogP contribution >= 0.6 is 0 Å². The van der Waals surface area contributed by atoms with Crippen LogP contribution in [0, 0.1) is 0 Å². The molecule has 0 saturated heterocycles. The van der Waals surface area contributed by atoms with Gasteiger partial charge in [-0.1, -0.05) is 24.3 Å². The van der Waals surface area contributed by atoms with Gasteiger partial charge in [-0.2, -0.15) is 0 Å². The van der Waals surface area contributed by atoms with E-state index in [9.17, 15) is 4.79 Å². The lowest BCUT2D eigenvalue weighted by Gasteiger charge is -2.14. The molecule has 1 aliphatic rings. The molecule has 0 fully saturated rings. The third-order valence-corrected chi connectivity index (χ3v) is 3.28. The summed E-state index contributed by atoms with van der Waals surface area (Å²) in [5.41, 5.74) is 1.64. The molecule has 0 unspecified atom stereocenters. The lowest BCUT2D eigenvalue weighted by atomic mass is 10.1. The number of hydrogen-bond acceptors (Lipinski definition) is 3. The van der Waals surface area contributed by atoms with E-state index in [1.165, 1.54) is 0 Å². The smallest absolute Gasteiger partial charge is 0.251 e. The number of nitrogens with one attached hydrogen (secondary N) is 1. The Balaban J connectivity index is 1.73. The third-order valence-electron chi connectivity index (χ3n) is 3.28. The molecule has 0 saturated carbocycles. The van der Waals surface area contributed by atoms with Gasteiger partial charge >= 0.3 is 0 Å². The molecule has 2 aromatic rings. The SMILES string of the molecule is C[C@H](NC(=O)c1ccccc1)c1ccc2c(c1)OCO2. The van der Waals surface area contributed by atoms with Crippen molar-refractivity contribution in [3.05, 3.63) is 59.7 Å². The molecule has 1 aliphatic heterocycles. The van der Waals surface area contributed by atoms with E-state index in [2.05, 4.69) is 5.32 Å². The van der Waals surface area contributed by atoms with Crippen molar-refractivity contribution in [2.24, 2.45) is 0 Å². The lowest BCUT2D eigenvalue weighted by Crippen LogP contribution is -2.26. The molecule has 102 valence electrons. The Kier molecular flexibility index (Phi) is 3.29. The summed E-state index contributed by atoms with van der Waals surface area (Å²) in [7, 11) is 0. The number of rotatable bonds is 3. The molecule has 1 N–H and O–H groups in total. The number of benzene rings is 2. The summed E-state index contributed by atoms with van der Waals surface area (Å²) in [5.74, 6) is 1.38. The van der Waals surface area contributed by atoms with Gasteiger partial charge in [0.1, 0.15) is 0 Å². The molecular formula is C16H15NO3. The number of hydrogen-bond donors (Lipinski definition) is 1. The van der Waals surface area contributed by atoms with Gasteiger partial charge in [-0.3, -0.25) is 4.79 Å². The van der Waals surface area contributed by atoms with Crippen molar-refractivity contribution in [2.75, 3.05) is 6.79 Å². The van der Waals surface area contributed by atoms with Crippen LogP contribution in [0.15, 0.2) is 48.5 Å². The number of amides is 1. The van der Waals surface area contributed by atoms with Crippen molar-refractivity contribution in [3.8, 4) is 11.5 Å². The number of carbonyl (C=O) groups is 1. The highest BCUT2D eigenvalue weighted by Crippen LogP contribution is 2.34. The summed E-state index contributed by atoms with van der Waals surface area (Å²) in [4.78, 5) is 12.1. The van der Waals surface area contributed by atoms with Crippen LogP contribution in [0.4, 0.5) is 0 Å². The van der Waals surface area contributed by atoms with Crippen LogP contribution in [0.3, 0.4) is 0 Å². The Hall–Kier alpha value is -2.49. The first-order chi connectivity index (χ1) is 9.74. The Labute approximate surface area is 117 Å². The van der Waals surface area contributed by atoms with Gasteiger partial charge in [0.25, 0.3) is 5.91 Å². The quantitative estimate of drug-likeness (QED) is 0.932. The second kappa shape index (κ2) is 5.25. The predicted molar refractivity (Wildman–Crippen MR) is 74.9 cm³/mol. The molecule has 2 aromatic carbocycles. The summed E-state index contributed by atoms with van der Waals surface area (Å²) in [5, 5.41) is 2.97. The predicted octanol–water partition coefficient (Wildman–Crippen LogP) is 2.91. The summed E-state index contributed by atoms with van der Waals surface area (Å²) in [6.45, 7) is 2.20. The van der Waals surface area contributed by atoms with E-state index in [1.54, 1.807) is 12.1 Å². The fourth-order valence-electron chi connectivity index (χ4n) is 2.14. The molecule has 0 aliphatic carbocycles. The molecule has 1 amide bonds. The van der Waals surface area contributed by atoms with E-state index >= 15 is 0 Å². The molecule has 0 aromatic heterocycles. The Morgan fingerprint density at radius 2 is 1.85 bits per heavy atom. The van der Waals surface area contributed by atoms with Crippen LogP contribution in [0.25, 0.3) is 0 Å². The Morgan fingerprint density at radius 1 is 1.10 bits per heavy atom. The van der Waals surface area contributed by atoms with Gasteiger partial charge < -0.3 is 14.8 Å². The number of fused-ring (bicyclic) bond motifs is 1. The molecule has 0 radical (unpaired) electrons. The van der Waals surface area contributed by atoms with Gasteiger partial charge in [0.2, 0.25) is 6.79 Å². The van der Waals surface area contributed by atoms with Gasteiger partial charge in [0, 0.05) is 5.56 Å². The van der Waals surface area contributed by atoms with Crippen LogP contribution in [0.1, 0.15) is 28.9 Å². The topological polar surface area (TPSA) is 47.6 Å². The second-order valence-electron chi connectivity index (χ2n) is 4.67. The number of ether oxygens (including phenoxy) is 2. The van der Waals surface area contributed by atoms with Gasteiger partial charge in [0.05, 0.1) is 6.04 Å². The average molecular weight is 269 g/mol. The number of carbonyl (C=O) groups excluding carboxylic acids is 1. The highest BCUT2D eigenvalue weighted by molar-refractivity contribution is 5.94. The maximum Gasteiger partial charge on any atom is 0.251 e. The van der Waals surface area contributed by atoms with E-state index in [0.717, 1.165) is 17.1 Å². The minimum atomic E-state index is -0.0998.